The summed E-state index contributed by atoms with van der Waals surface area (Å²) in [5.74, 6) is 2.45. The summed E-state index contributed by atoms with van der Waals surface area (Å²) in [6, 6.07) is 0. The zero-order valence-corrected chi connectivity index (χ0v) is 7.59. The van der Waals surface area contributed by atoms with Crippen LogP contribution in [0.5, 0.6) is 0 Å². The minimum atomic E-state index is -0.471. The van der Waals surface area contributed by atoms with Crippen LogP contribution in [0.3, 0.4) is 0 Å². The van der Waals surface area contributed by atoms with Gasteiger partial charge in [-0.2, -0.15) is 0 Å². The predicted molar refractivity (Wildman–Crippen MR) is 46.5 cm³/mol. The highest BCUT2D eigenvalue weighted by molar-refractivity contribution is 5.20. The molecule has 3 fully saturated rings. The third-order valence-electron chi connectivity index (χ3n) is 4.34. The van der Waals surface area contributed by atoms with Gasteiger partial charge in [-0.1, -0.05) is 0 Å². The summed E-state index contributed by atoms with van der Waals surface area (Å²) in [6.45, 7) is 1.95. The number of hydrogen-bond acceptors (Lipinski definition) is 2. The van der Waals surface area contributed by atoms with Crippen LogP contribution in [0.25, 0.3) is 0 Å². The lowest BCUT2D eigenvalue weighted by Gasteiger charge is -2.69. The summed E-state index contributed by atoms with van der Waals surface area (Å²) in [7, 11) is 0. The van der Waals surface area contributed by atoms with E-state index < -0.39 is 5.60 Å². The van der Waals surface area contributed by atoms with Gasteiger partial charge in [0.15, 0.2) is 0 Å². The molecule has 5 atom stereocenters. The first-order valence-electron chi connectivity index (χ1n) is 5.01. The minimum Gasteiger partial charge on any atom is -0.390 e. The largest absolute Gasteiger partial charge is 0.390 e. The molecule has 0 saturated heterocycles. The van der Waals surface area contributed by atoms with Crippen molar-refractivity contribution in [2.45, 2.75) is 43.7 Å². The molecule has 3 aliphatic rings. The second kappa shape index (κ2) is 1.73. The molecule has 0 aromatic carbocycles. The van der Waals surface area contributed by atoms with Crippen LogP contribution in [0.1, 0.15) is 32.6 Å². The summed E-state index contributed by atoms with van der Waals surface area (Å²) in [5, 5.41) is 9.98. The Morgan fingerprint density at radius 2 is 2.00 bits per heavy atom. The van der Waals surface area contributed by atoms with Crippen molar-refractivity contribution in [3.8, 4) is 0 Å². The lowest BCUT2D eigenvalue weighted by molar-refractivity contribution is -0.195. The van der Waals surface area contributed by atoms with Crippen molar-refractivity contribution >= 4 is 0 Å². The Balaban J connectivity index is 1.89. The number of hydrogen-bond donors (Lipinski definition) is 2. The maximum atomic E-state index is 9.98. The second-order valence-electron chi connectivity index (χ2n) is 5.60. The van der Waals surface area contributed by atoms with E-state index in [9.17, 15) is 5.11 Å². The highest BCUT2D eigenvalue weighted by Gasteiger charge is 2.65. The van der Waals surface area contributed by atoms with E-state index in [2.05, 4.69) is 0 Å². The zero-order chi connectivity index (χ0) is 8.56. The van der Waals surface area contributed by atoms with E-state index in [0.717, 1.165) is 30.6 Å². The first-order valence-corrected chi connectivity index (χ1v) is 5.01. The lowest BCUT2D eigenvalue weighted by Crippen LogP contribution is -2.74. The Kier molecular flexibility index (Phi) is 1.06. The maximum Gasteiger partial charge on any atom is 0.0640 e. The fourth-order valence-electron chi connectivity index (χ4n) is 4.23. The van der Waals surface area contributed by atoms with Crippen molar-refractivity contribution in [3.63, 3.8) is 0 Å². The molecule has 3 aliphatic carbocycles. The molecule has 0 spiro atoms. The van der Waals surface area contributed by atoms with Gasteiger partial charge in [-0.05, 0) is 50.4 Å². The van der Waals surface area contributed by atoms with Gasteiger partial charge in [0, 0.05) is 5.54 Å². The predicted octanol–water partition coefficient (Wildman–Crippen LogP) is 0.885. The van der Waals surface area contributed by atoms with E-state index in [1.54, 1.807) is 0 Å². The third-order valence-corrected chi connectivity index (χ3v) is 4.34. The van der Waals surface area contributed by atoms with Crippen LogP contribution in [0.2, 0.25) is 0 Å². The summed E-state index contributed by atoms with van der Waals surface area (Å²) in [5.41, 5.74) is 5.80. The fourth-order valence-corrected chi connectivity index (χ4v) is 4.23. The molecule has 12 heavy (non-hydrogen) atoms. The molecule has 3 N–H and O–H groups in total. The third kappa shape index (κ3) is 0.686. The van der Waals surface area contributed by atoms with Gasteiger partial charge in [-0.15, -0.1) is 0 Å². The van der Waals surface area contributed by atoms with Gasteiger partial charge in [-0.3, -0.25) is 0 Å². The van der Waals surface area contributed by atoms with Crippen molar-refractivity contribution in [1.82, 2.24) is 0 Å². The zero-order valence-electron chi connectivity index (χ0n) is 7.59. The van der Waals surface area contributed by atoms with E-state index in [4.69, 9.17) is 5.73 Å². The van der Waals surface area contributed by atoms with Gasteiger partial charge in [0.2, 0.25) is 0 Å². The van der Waals surface area contributed by atoms with Crippen LogP contribution in [-0.2, 0) is 0 Å². The molecule has 0 bridgehead atoms. The van der Waals surface area contributed by atoms with Crippen LogP contribution in [0.15, 0.2) is 0 Å². The average molecular weight is 167 g/mol. The van der Waals surface area contributed by atoms with Crippen molar-refractivity contribution in [2.75, 3.05) is 0 Å². The van der Waals surface area contributed by atoms with E-state index in [-0.39, 0.29) is 5.54 Å². The fraction of sp³-hybridized carbons (Fsp3) is 1.00. The van der Waals surface area contributed by atoms with E-state index in [0.29, 0.717) is 0 Å². The summed E-state index contributed by atoms with van der Waals surface area (Å²) in [4.78, 5) is 0. The average Bonchev–Trinajstić information content (AvgIpc) is 1.77. The van der Waals surface area contributed by atoms with Crippen LogP contribution < -0.4 is 5.73 Å². The topological polar surface area (TPSA) is 46.2 Å². The molecule has 2 nitrogen and oxygen atoms in total. The van der Waals surface area contributed by atoms with Crippen LogP contribution >= 0.6 is 0 Å². The lowest BCUT2D eigenvalue weighted by atomic mass is 9.38. The molecule has 68 valence electrons. The first-order chi connectivity index (χ1) is 5.50. The molecule has 0 aromatic heterocycles. The molecule has 0 heterocycles. The van der Waals surface area contributed by atoms with Gasteiger partial charge in [0.1, 0.15) is 0 Å². The van der Waals surface area contributed by atoms with Gasteiger partial charge in [0.05, 0.1) is 5.60 Å². The SMILES string of the molecule is CC1(O)CC2CC3CC(N)(C1)C23. The van der Waals surface area contributed by atoms with Gasteiger partial charge < -0.3 is 10.8 Å². The van der Waals surface area contributed by atoms with E-state index >= 15 is 0 Å². The second-order valence-corrected chi connectivity index (χ2v) is 5.60. The highest BCUT2D eigenvalue weighted by Crippen LogP contribution is 2.66. The maximum absolute atomic E-state index is 9.98. The van der Waals surface area contributed by atoms with Gasteiger partial charge in [-0.25, -0.2) is 0 Å². The quantitative estimate of drug-likeness (QED) is 0.562. The summed E-state index contributed by atoms with van der Waals surface area (Å²) >= 11 is 0. The highest BCUT2D eigenvalue weighted by atomic mass is 16.3. The van der Waals surface area contributed by atoms with Crippen molar-refractivity contribution in [3.05, 3.63) is 0 Å². The van der Waals surface area contributed by atoms with Crippen LogP contribution in [-0.4, -0.2) is 16.2 Å². The van der Waals surface area contributed by atoms with Crippen LogP contribution in [0, 0.1) is 17.8 Å². The van der Waals surface area contributed by atoms with E-state index in [1.807, 2.05) is 6.92 Å². The molecular formula is C10H17NO. The molecule has 3 rings (SSSR count). The molecule has 5 unspecified atom stereocenters. The number of nitrogens with two attached hydrogens (primary N) is 1. The minimum absolute atomic E-state index is 0.0231. The number of aliphatic hydroxyl groups is 1. The number of rotatable bonds is 0. The van der Waals surface area contributed by atoms with Crippen molar-refractivity contribution < 1.29 is 5.11 Å². The smallest absolute Gasteiger partial charge is 0.0640 e. The van der Waals surface area contributed by atoms with Crippen LogP contribution in [0.4, 0.5) is 0 Å². The Labute approximate surface area is 73.1 Å². The Bertz CT molecular complexity index is 238. The standard InChI is InChI=1S/C10H17NO/c1-9(12)3-6-2-7-4-10(11,5-9)8(6)7/h6-8,12H,2-5,11H2,1H3. The molecular weight excluding hydrogens is 150 g/mol. The molecule has 0 aliphatic heterocycles. The molecule has 3 saturated carbocycles. The Morgan fingerprint density at radius 1 is 1.33 bits per heavy atom. The van der Waals surface area contributed by atoms with Gasteiger partial charge >= 0.3 is 0 Å². The first kappa shape index (κ1) is 7.34. The Morgan fingerprint density at radius 3 is 2.58 bits per heavy atom. The normalized spacial score (nSPS) is 67.8. The Hall–Kier alpha value is -0.0800. The molecule has 2 heteroatoms. The van der Waals surface area contributed by atoms with Crippen molar-refractivity contribution in [1.29, 1.82) is 0 Å². The van der Waals surface area contributed by atoms with Gasteiger partial charge in [0.25, 0.3) is 0 Å². The summed E-state index contributed by atoms with van der Waals surface area (Å²) in [6.07, 6.45) is 4.33. The molecule has 0 radical (unpaired) electrons. The molecule has 0 aromatic rings. The van der Waals surface area contributed by atoms with E-state index in [1.165, 1.54) is 12.8 Å². The monoisotopic (exact) mass is 167 g/mol. The molecule has 0 amide bonds. The summed E-state index contributed by atoms with van der Waals surface area (Å²) < 4.78 is 0. The van der Waals surface area contributed by atoms with Crippen molar-refractivity contribution in [2.24, 2.45) is 23.5 Å².